The van der Waals surface area contributed by atoms with Crippen molar-refractivity contribution in [3.8, 4) is 0 Å². The SMILES string of the molecule is CCN1CCN(C(=O)CN2C(=O)CCc3cccc(F)c32)CC1. The lowest BCUT2D eigenvalue weighted by molar-refractivity contribution is -0.133. The van der Waals surface area contributed by atoms with Gasteiger partial charge in [0.2, 0.25) is 11.8 Å². The van der Waals surface area contributed by atoms with Crippen LogP contribution in [0.15, 0.2) is 18.2 Å². The first-order valence-electron chi connectivity index (χ1n) is 8.18. The molecule has 0 saturated carbocycles. The molecule has 0 spiro atoms. The van der Waals surface area contributed by atoms with Gasteiger partial charge in [0.1, 0.15) is 12.4 Å². The van der Waals surface area contributed by atoms with E-state index in [0.29, 0.717) is 25.9 Å². The Labute approximate surface area is 135 Å². The number of carbonyl (C=O) groups excluding carboxylic acids is 2. The maximum absolute atomic E-state index is 14.2. The molecule has 0 aromatic heterocycles. The van der Waals surface area contributed by atoms with E-state index >= 15 is 0 Å². The van der Waals surface area contributed by atoms with Gasteiger partial charge < -0.3 is 9.80 Å². The lowest BCUT2D eigenvalue weighted by Gasteiger charge is -2.36. The normalized spacial score (nSPS) is 19.0. The molecular weight excluding hydrogens is 297 g/mol. The van der Waals surface area contributed by atoms with Gasteiger partial charge in [-0.25, -0.2) is 4.39 Å². The number of halogens is 1. The molecule has 2 aliphatic rings. The fourth-order valence-corrected chi connectivity index (χ4v) is 3.28. The van der Waals surface area contributed by atoms with Gasteiger partial charge in [-0.3, -0.25) is 14.5 Å². The fraction of sp³-hybridized carbons (Fsp3) is 0.529. The Morgan fingerprint density at radius 1 is 1.17 bits per heavy atom. The minimum atomic E-state index is -0.431. The third-order valence-electron chi connectivity index (χ3n) is 4.72. The standard InChI is InChI=1S/C17H22FN3O2/c1-2-19-8-10-20(11-9-19)16(23)12-21-15(22)7-6-13-4-3-5-14(18)17(13)21/h3-5H,2,6-12H2,1H3. The highest BCUT2D eigenvalue weighted by molar-refractivity contribution is 6.01. The van der Waals surface area contributed by atoms with Crippen LogP contribution in [0.5, 0.6) is 0 Å². The number of hydrogen-bond donors (Lipinski definition) is 0. The molecule has 23 heavy (non-hydrogen) atoms. The van der Waals surface area contributed by atoms with Crippen molar-refractivity contribution in [2.75, 3.05) is 44.2 Å². The Balaban J connectivity index is 1.73. The number of aryl methyl sites for hydroxylation is 1. The molecule has 1 saturated heterocycles. The van der Waals surface area contributed by atoms with Crippen LogP contribution in [0.4, 0.5) is 10.1 Å². The molecule has 2 aliphatic heterocycles. The van der Waals surface area contributed by atoms with Crippen molar-refractivity contribution in [2.45, 2.75) is 19.8 Å². The van der Waals surface area contributed by atoms with Gasteiger partial charge in [0.15, 0.2) is 0 Å². The van der Waals surface area contributed by atoms with Crippen molar-refractivity contribution in [1.29, 1.82) is 0 Å². The topological polar surface area (TPSA) is 43.9 Å². The molecule has 0 unspecified atom stereocenters. The highest BCUT2D eigenvalue weighted by atomic mass is 19.1. The molecule has 5 nitrogen and oxygen atoms in total. The molecule has 1 aromatic rings. The van der Waals surface area contributed by atoms with E-state index in [4.69, 9.17) is 0 Å². The zero-order chi connectivity index (χ0) is 16.4. The van der Waals surface area contributed by atoms with Gasteiger partial charge in [-0.05, 0) is 24.6 Å². The summed E-state index contributed by atoms with van der Waals surface area (Å²) in [6, 6.07) is 4.81. The van der Waals surface area contributed by atoms with Crippen molar-refractivity contribution >= 4 is 17.5 Å². The van der Waals surface area contributed by atoms with E-state index in [9.17, 15) is 14.0 Å². The zero-order valence-electron chi connectivity index (χ0n) is 13.4. The number of benzene rings is 1. The van der Waals surface area contributed by atoms with Crippen LogP contribution < -0.4 is 4.90 Å². The molecule has 0 aliphatic carbocycles. The summed E-state index contributed by atoms with van der Waals surface area (Å²) in [5, 5.41) is 0. The van der Waals surface area contributed by atoms with E-state index in [2.05, 4.69) is 11.8 Å². The second-order valence-electron chi connectivity index (χ2n) is 6.04. The van der Waals surface area contributed by atoms with E-state index in [-0.39, 0.29) is 24.0 Å². The molecule has 0 radical (unpaired) electrons. The van der Waals surface area contributed by atoms with Crippen LogP contribution in [0.3, 0.4) is 0 Å². The Kier molecular flexibility index (Phi) is 4.61. The van der Waals surface area contributed by atoms with Gasteiger partial charge in [-0.1, -0.05) is 19.1 Å². The van der Waals surface area contributed by atoms with Gasteiger partial charge in [0.25, 0.3) is 0 Å². The summed E-state index contributed by atoms with van der Waals surface area (Å²) in [6.07, 6.45) is 0.860. The van der Waals surface area contributed by atoms with Crippen molar-refractivity contribution in [2.24, 2.45) is 0 Å². The van der Waals surface area contributed by atoms with E-state index in [1.165, 1.54) is 11.0 Å². The number of rotatable bonds is 3. The van der Waals surface area contributed by atoms with Crippen LogP contribution in [0, 0.1) is 5.82 Å². The Morgan fingerprint density at radius 2 is 1.91 bits per heavy atom. The van der Waals surface area contributed by atoms with Crippen molar-refractivity contribution in [3.05, 3.63) is 29.6 Å². The Hall–Kier alpha value is -1.95. The van der Waals surface area contributed by atoms with Gasteiger partial charge in [-0.2, -0.15) is 0 Å². The van der Waals surface area contributed by atoms with E-state index in [1.54, 1.807) is 11.0 Å². The molecule has 0 bridgehead atoms. The van der Waals surface area contributed by atoms with Crippen molar-refractivity contribution < 1.29 is 14.0 Å². The number of hydrogen-bond acceptors (Lipinski definition) is 3. The Bertz CT molecular complexity index is 612. The molecule has 124 valence electrons. The smallest absolute Gasteiger partial charge is 0.242 e. The number of fused-ring (bicyclic) bond motifs is 1. The first-order chi connectivity index (χ1) is 11.1. The van der Waals surface area contributed by atoms with Crippen LogP contribution in [0.25, 0.3) is 0 Å². The monoisotopic (exact) mass is 319 g/mol. The van der Waals surface area contributed by atoms with Gasteiger partial charge >= 0.3 is 0 Å². The van der Waals surface area contributed by atoms with E-state index < -0.39 is 5.82 Å². The number of anilines is 1. The molecule has 6 heteroatoms. The summed E-state index contributed by atoms with van der Waals surface area (Å²) in [4.78, 5) is 30.1. The minimum absolute atomic E-state index is 0.0705. The number of carbonyl (C=O) groups is 2. The maximum Gasteiger partial charge on any atom is 0.242 e. The first kappa shape index (κ1) is 15.9. The van der Waals surface area contributed by atoms with E-state index in [1.807, 2.05) is 6.07 Å². The minimum Gasteiger partial charge on any atom is -0.339 e. The van der Waals surface area contributed by atoms with Crippen molar-refractivity contribution in [3.63, 3.8) is 0 Å². The highest BCUT2D eigenvalue weighted by Crippen LogP contribution is 2.30. The summed E-state index contributed by atoms with van der Waals surface area (Å²) in [6.45, 7) is 6.04. The number of nitrogens with zero attached hydrogens (tertiary/aromatic N) is 3. The second kappa shape index (κ2) is 6.66. The third kappa shape index (κ3) is 3.22. The molecular formula is C17H22FN3O2. The molecule has 1 aromatic carbocycles. The van der Waals surface area contributed by atoms with Gasteiger partial charge in [0, 0.05) is 32.6 Å². The van der Waals surface area contributed by atoms with Crippen LogP contribution in [-0.4, -0.2) is 60.9 Å². The predicted molar refractivity (Wildman–Crippen MR) is 85.8 cm³/mol. The summed E-state index contributed by atoms with van der Waals surface area (Å²) in [5.74, 6) is -0.715. The van der Waals surface area contributed by atoms with Gasteiger partial charge in [0.05, 0.1) is 5.69 Å². The van der Waals surface area contributed by atoms with Gasteiger partial charge in [-0.15, -0.1) is 0 Å². The van der Waals surface area contributed by atoms with Crippen LogP contribution >= 0.6 is 0 Å². The molecule has 2 heterocycles. The van der Waals surface area contributed by atoms with Crippen LogP contribution in [-0.2, 0) is 16.0 Å². The predicted octanol–water partition coefficient (Wildman–Crippen LogP) is 1.27. The number of para-hydroxylation sites is 1. The van der Waals surface area contributed by atoms with Crippen molar-refractivity contribution in [1.82, 2.24) is 9.80 Å². The average molecular weight is 319 g/mol. The molecule has 3 rings (SSSR count). The second-order valence-corrected chi connectivity index (χ2v) is 6.04. The number of likely N-dealkylation sites (N-methyl/N-ethyl adjacent to an activating group) is 1. The summed E-state index contributed by atoms with van der Waals surface area (Å²) in [7, 11) is 0. The zero-order valence-corrected chi connectivity index (χ0v) is 13.4. The highest BCUT2D eigenvalue weighted by Gasteiger charge is 2.30. The Morgan fingerprint density at radius 3 is 2.61 bits per heavy atom. The summed E-state index contributed by atoms with van der Waals surface area (Å²) >= 11 is 0. The van der Waals surface area contributed by atoms with E-state index in [0.717, 1.165) is 25.2 Å². The maximum atomic E-state index is 14.2. The quantitative estimate of drug-likeness (QED) is 0.843. The van der Waals surface area contributed by atoms with Crippen LogP contribution in [0.2, 0.25) is 0 Å². The van der Waals surface area contributed by atoms with Crippen LogP contribution in [0.1, 0.15) is 18.9 Å². The average Bonchev–Trinajstić information content (AvgIpc) is 2.57. The third-order valence-corrected chi connectivity index (χ3v) is 4.72. The number of piperazine rings is 1. The summed E-state index contributed by atoms with van der Waals surface area (Å²) in [5.41, 5.74) is 1.08. The molecule has 2 amide bonds. The summed E-state index contributed by atoms with van der Waals surface area (Å²) < 4.78 is 14.2. The lowest BCUT2D eigenvalue weighted by Crippen LogP contribution is -2.52. The number of amides is 2. The first-order valence-corrected chi connectivity index (χ1v) is 8.18. The fourth-order valence-electron chi connectivity index (χ4n) is 3.28. The molecule has 0 N–H and O–H groups in total. The lowest BCUT2D eigenvalue weighted by atomic mass is 10.0. The molecule has 0 atom stereocenters. The molecule has 1 fully saturated rings. The largest absolute Gasteiger partial charge is 0.339 e.